The fourth-order valence-corrected chi connectivity index (χ4v) is 11.0. The molecule has 2 amide bonds. The van der Waals surface area contributed by atoms with Crippen molar-refractivity contribution in [1.82, 2.24) is 112 Å². The first-order valence-electron chi connectivity index (χ1n) is 32.7. The third kappa shape index (κ3) is 21.6. The minimum Gasteiger partial charge on any atom is -0.437 e. The van der Waals surface area contributed by atoms with E-state index in [2.05, 4.69) is 96.5 Å². The molecule has 14 aromatic rings. The van der Waals surface area contributed by atoms with Gasteiger partial charge in [-0.1, -0.05) is 37.0 Å². The van der Waals surface area contributed by atoms with E-state index < -0.39 is 0 Å². The zero-order chi connectivity index (χ0) is 84.8. The number of aromatic nitrogens is 21. The Kier molecular flexibility index (Phi) is 31.2. The van der Waals surface area contributed by atoms with Crippen LogP contribution in [0.15, 0.2) is 125 Å². The molecule has 0 saturated carbocycles. The number of nitrogens with zero attached hydrogens (tertiary/aromatic N) is 17. The Hall–Kier alpha value is -17.0. The van der Waals surface area contributed by atoms with Crippen molar-refractivity contribution in [1.29, 1.82) is 0 Å². The molecule has 594 valence electrons. The number of nitrogens with one attached hydrogen (secondary N) is 6. The summed E-state index contributed by atoms with van der Waals surface area (Å²) in [5, 5.41) is 9.20. The zero-order valence-corrected chi connectivity index (χ0v) is 62.7. The van der Waals surface area contributed by atoms with Crippen molar-refractivity contribution < 1.29 is 47.8 Å². The molecule has 0 saturated heterocycles. The molecule has 0 bridgehead atoms. The molecule has 0 fully saturated rings. The SMILES string of the molecule is C/C=C/c1cn(C)c2nc(N)[nH]c(=O)c12.C/C=C/c1cn(C)c2ncnc(N)c12.C=Cc1cn(C)c2nc(N)[nH]c(=O)c12.Cn1cc(/C=C/NC=O)c2c(=O)[nH]c(N)nc21.Cn1cc(/C=C/NC=O)c2c(N)ncnc21.Cn1cc(/C=C/OC=O)c2c(=O)[nH]c(N)nc21.Cn1cc(/C=C/OC=O)c2c(N)ncnc21.O=C=O.O=C=O. The largest absolute Gasteiger partial charge is 0.437 e. The van der Waals surface area contributed by atoms with E-state index in [0.29, 0.717) is 98.5 Å². The van der Waals surface area contributed by atoms with Crippen LogP contribution in [0.1, 0.15) is 52.8 Å². The number of fused-ring (bicyclic) bond motifs is 7. The van der Waals surface area contributed by atoms with Crippen LogP contribution in [0.3, 0.4) is 0 Å². The number of amides is 2. The maximum Gasteiger partial charge on any atom is 0.373 e. The topological polar surface area (TPSA) is 656 Å². The Bertz CT molecular complexity index is 6160. The van der Waals surface area contributed by atoms with Crippen molar-refractivity contribution >= 4 is 199 Å². The van der Waals surface area contributed by atoms with Gasteiger partial charge >= 0.3 is 12.3 Å². The number of aryl methyl sites for hydroxylation is 7. The second kappa shape index (κ2) is 41.3. The van der Waals surface area contributed by atoms with E-state index >= 15 is 0 Å². The molecule has 14 heterocycles. The number of anilines is 7. The van der Waals surface area contributed by atoms with Gasteiger partial charge in [-0.15, -0.1) is 0 Å². The molecule has 44 nitrogen and oxygen atoms in total. The molecule has 44 heteroatoms. The first-order valence-corrected chi connectivity index (χ1v) is 32.7. The fourth-order valence-electron chi connectivity index (χ4n) is 11.0. The summed E-state index contributed by atoms with van der Waals surface area (Å²) in [5.74, 6) is 1.75. The Labute approximate surface area is 646 Å². The molecule has 0 aliphatic carbocycles. The normalized spacial score (nSPS) is 10.7. The van der Waals surface area contributed by atoms with Gasteiger partial charge in [0.05, 0.1) is 50.2 Å². The van der Waals surface area contributed by atoms with Crippen LogP contribution < -0.4 is 73.0 Å². The number of H-pyrrole nitrogens is 4. The lowest BCUT2D eigenvalue weighted by atomic mass is 10.2. The Balaban J connectivity index is 0.000000206. The highest BCUT2D eigenvalue weighted by Gasteiger charge is 2.16. The van der Waals surface area contributed by atoms with Crippen molar-refractivity contribution in [2.45, 2.75) is 13.8 Å². The zero-order valence-electron chi connectivity index (χ0n) is 62.7. The summed E-state index contributed by atoms with van der Waals surface area (Å²) in [6, 6.07) is 0. The summed E-state index contributed by atoms with van der Waals surface area (Å²) >= 11 is 0. The molecule has 20 N–H and O–H groups in total. The number of carbonyl (C=O) groups is 4. The summed E-state index contributed by atoms with van der Waals surface area (Å²) < 4.78 is 21.4. The summed E-state index contributed by atoms with van der Waals surface area (Å²) in [7, 11) is 12.8. The van der Waals surface area contributed by atoms with Crippen molar-refractivity contribution in [3.05, 3.63) is 186 Å². The minimum atomic E-state index is -0.334. The van der Waals surface area contributed by atoms with Gasteiger partial charge in [0.2, 0.25) is 36.6 Å². The molecule has 0 aromatic carbocycles. The molecular weight excluding hydrogens is 1500 g/mol. The Morgan fingerprint density at radius 1 is 0.365 bits per heavy atom. The summed E-state index contributed by atoms with van der Waals surface area (Å²) in [6.07, 6.45) is 40.0. The van der Waals surface area contributed by atoms with Gasteiger partial charge in [-0.25, -0.2) is 29.9 Å². The van der Waals surface area contributed by atoms with E-state index in [4.69, 9.17) is 59.3 Å². The number of hydrogen-bond donors (Lipinski definition) is 13. The molecule has 0 atom stereocenters. The summed E-state index contributed by atoms with van der Waals surface area (Å²) in [4.78, 5) is 170. The van der Waals surface area contributed by atoms with Crippen LogP contribution in [-0.2, 0) is 97.2 Å². The van der Waals surface area contributed by atoms with E-state index in [1.54, 1.807) is 82.3 Å². The standard InChI is InChI=1S/C10H11N5O2.C10H11N5O.C10H10N4O3.C10H10N4O2.C10H12N4O.C10H12N4.C9H10N4O.2CO2/c1-15-4-6(2-3-12-5-16)7-8(15)13-10(11)14-9(7)17;1-15-4-7(2-3-12-6-16)8-9(11)13-5-14-10(8)15;1-14-4-6(2-3-17-5-15)7-8(14)12-10(11)13-9(7)16;1-14-4-7(2-3-16-6-15)8-9(11)12-5-13-10(8)14;1-3-4-6-5-14(2)8-7(6)9(15)13-10(11)12-8;1-3-4-7-5-14(2)10-8(7)9(11)12-6-13-10;1-3-5-4-13(2)7-6(5)8(14)12-9(10)11-7;2*2-1-3/h2-5H,1H3,(H,12,16)(H3,11,13,14,17);2-6H,1H3,(H,12,16)(H2,11,13,14);2-5H,1H3,(H3,11,12,13,16);2-6H,1H3,(H2,11,12,13);3-5H,1-2H3,(H3,11,12,13,15);3-6H,1-2H3,(H2,11,12,13);3-4H,1H2,2H3,(H3,10,11,12,14);;/b4*3-2+;2*4-3+;;;. The van der Waals surface area contributed by atoms with E-state index in [-0.39, 0.29) is 58.3 Å². The highest BCUT2D eigenvalue weighted by atomic mass is 16.5. The van der Waals surface area contributed by atoms with Gasteiger partial charge in [-0.3, -0.25) is 58.3 Å². The van der Waals surface area contributed by atoms with E-state index in [9.17, 15) is 38.4 Å². The number of carbonyl (C=O) groups excluding carboxylic acids is 8. The van der Waals surface area contributed by atoms with Gasteiger partial charge in [0.25, 0.3) is 35.2 Å². The molecule has 0 spiro atoms. The molecule has 14 aromatic heterocycles. The average molecular weight is 1570 g/mol. The second-order valence-electron chi connectivity index (χ2n) is 23.0. The lowest BCUT2D eigenvalue weighted by molar-refractivity contribution is -0.193. The van der Waals surface area contributed by atoms with Crippen LogP contribution in [0.4, 0.5) is 41.2 Å². The van der Waals surface area contributed by atoms with Crippen LogP contribution in [-0.4, -0.2) is 140 Å². The smallest absolute Gasteiger partial charge is 0.373 e. The molecule has 0 unspecified atom stereocenters. The predicted octanol–water partition coefficient (Wildman–Crippen LogP) is 2.29. The van der Waals surface area contributed by atoms with E-state index in [1.807, 2.05) is 105 Å². The number of nitrogen functional groups attached to an aromatic ring is 7. The van der Waals surface area contributed by atoms with Crippen LogP contribution in [0.5, 0.6) is 0 Å². The molecule has 0 aliphatic rings. The van der Waals surface area contributed by atoms with Gasteiger partial charge < -0.3 is 92.2 Å². The van der Waals surface area contributed by atoms with E-state index in [1.165, 1.54) is 50.0 Å². The average Bonchev–Trinajstić information content (AvgIpc) is 1.74. The molecule has 115 heavy (non-hydrogen) atoms. The quantitative estimate of drug-likeness (QED) is 0.0517. The number of ether oxygens (including phenoxy) is 2. The predicted molar refractivity (Wildman–Crippen MR) is 430 cm³/mol. The van der Waals surface area contributed by atoms with E-state index in [0.717, 1.165) is 60.9 Å². The van der Waals surface area contributed by atoms with Crippen LogP contribution in [0.2, 0.25) is 0 Å². The summed E-state index contributed by atoms with van der Waals surface area (Å²) in [6.45, 7) is 8.15. The van der Waals surface area contributed by atoms with Crippen molar-refractivity contribution in [3.8, 4) is 0 Å². The maximum absolute atomic E-state index is 11.8. The maximum atomic E-state index is 11.8. The lowest BCUT2D eigenvalue weighted by Crippen LogP contribution is -2.11. The van der Waals surface area contributed by atoms with Gasteiger partial charge in [0.15, 0.2) is 0 Å². The number of nitrogens with two attached hydrogens (primary N) is 7. The third-order valence-corrected chi connectivity index (χ3v) is 15.5. The van der Waals surface area contributed by atoms with Crippen LogP contribution >= 0.6 is 0 Å². The number of aromatic amines is 4. The fraction of sp³-hybridized carbons (Fsp3) is 0.127. The monoisotopic (exact) mass is 1570 g/mol. The lowest BCUT2D eigenvalue weighted by Gasteiger charge is -1.96. The Morgan fingerprint density at radius 2 is 0.600 bits per heavy atom. The number of allylic oxidation sites excluding steroid dienone is 2. The Morgan fingerprint density at radius 3 is 0.870 bits per heavy atom. The first-order chi connectivity index (χ1) is 55.1. The van der Waals surface area contributed by atoms with Crippen molar-refractivity contribution in [3.63, 3.8) is 0 Å². The molecule has 0 aliphatic heterocycles. The highest BCUT2D eigenvalue weighted by molar-refractivity contribution is 5.97. The van der Waals surface area contributed by atoms with Crippen molar-refractivity contribution in [2.24, 2.45) is 49.3 Å². The van der Waals surface area contributed by atoms with Crippen LogP contribution in [0.25, 0.3) is 120 Å². The molecule has 14 rings (SSSR count). The van der Waals surface area contributed by atoms with Gasteiger partial charge in [-0.2, -0.15) is 39.1 Å². The first kappa shape index (κ1) is 86.9. The highest BCUT2D eigenvalue weighted by Crippen LogP contribution is 2.27. The van der Waals surface area contributed by atoms with Gasteiger partial charge in [-0.05, 0) is 38.2 Å². The van der Waals surface area contributed by atoms with Gasteiger partial charge in [0.1, 0.15) is 76.0 Å². The van der Waals surface area contributed by atoms with Crippen molar-refractivity contribution in [2.75, 3.05) is 40.1 Å². The molecule has 0 radical (unpaired) electrons. The molecular formula is C71H76N30O14. The number of rotatable bonds is 15. The third-order valence-electron chi connectivity index (χ3n) is 15.5. The van der Waals surface area contributed by atoms with Gasteiger partial charge in [0, 0.05) is 144 Å². The summed E-state index contributed by atoms with van der Waals surface area (Å²) in [5.41, 5.74) is 48.2. The van der Waals surface area contributed by atoms with Crippen LogP contribution in [0, 0.1) is 0 Å². The minimum absolute atomic E-state index is 0.0587. The second-order valence-corrected chi connectivity index (χ2v) is 23.0. The number of hydrogen-bond acceptors (Lipinski definition) is 31.